The number of nitrogens with one attached hydrogen (secondary N) is 3. The van der Waals surface area contributed by atoms with E-state index in [1.807, 2.05) is 35.7 Å². The molecule has 0 spiro atoms. The summed E-state index contributed by atoms with van der Waals surface area (Å²) in [7, 11) is 3.02. The lowest BCUT2D eigenvalue weighted by Gasteiger charge is -2.15. The minimum Gasteiger partial charge on any atom is -0.493 e. The van der Waals surface area contributed by atoms with E-state index in [1.54, 1.807) is 73.7 Å². The van der Waals surface area contributed by atoms with Crippen molar-refractivity contribution in [1.29, 1.82) is 0 Å². The Labute approximate surface area is 294 Å². The average molecular weight is 744 g/mol. The van der Waals surface area contributed by atoms with Gasteiger partial charge >= 0.3 is 0 Å². The number of carbonyl (C=O) groups excluding carboxylic acids is 3. The third kappa shape index (κ3) is 8.91. The van der Waals surface area contributed by atoms with Crippen LogP contribution in [-0.2, 0) is 9.59 Å². The van der Waals surface area contributed by atoms with E-state index in [1.165, 1.54) is 43.4 Å². The van der Waals surface area contributed by atoms with Gasteiger partial charge in [0.15, 0.2) is 16.6 Å². The number of anilines is 2. The zero-order valence-electron chi connectivity index (χ0n) is 26.2. The van der Waals surface area contributed by atoms with Crippen molar-refractivity contribution in [3.8, 4) is 22.8 Å². The van der Waals surface area contributed by atoms with Gasteiger partial charge in [0, 0.05) is 37.1 Å². The average Bonchev–Trinajstić information content (AvgIpc) is 3.56. The molecular formula is C36H31BrN4O5S2. The highest BCUT2D eigenvalue weighted by molar-refractivity contribution is 9.10. The second kappa shape index (κ2) is 16.3. The Morgan fingerprint density at radius 2 is 1.65 bits per heavy atom. The van der Waals surface area contributed by atoms with E-state index < -0.39 is 17.1 Å². The molecule has 9 nitrogen and oxygen atoms in total. The molecule has 1 atom stereocenters. The number of ether oxygens (including phenoxy) is 2. The van der Waals surface area contributed by atoms with E-state index in [0.29, 0.717) is 33.4 Å². The van der Waals surface area contributed by atoms with Crippen molar-refractivity contribution in [2.24, 2.45) is 0 Å². The molecule has 0 fully saturated rings. The molecule has 12 heteroatoms. The minimum absolute atomic E-state index is 0.00726. The Kier molecular flexibility index (Phi) is 11.7. The molecule has 1 unspecified atom stereocenters. The van der Waals surface area contributed by atoms with Gasteiger partial charge in [-0.25, -0.2) is 4.98 Å². The van der Waals surface area contributed by atoms with E-state index in [9.17, 15) is 14.4 Å². The number of halogens is 1. The van der Waals surface area contributed by atoms with Crippen LogP contribution in [0.3, 0.4) is 0 Å². The van der Waals surface area contributed by atoms with E-state index in [2.05, 4.69) is 36.9 Å². The Morgan fingerprint density at radius 3 is 2.38 bits per heavy atom. The summed E-state index contributed by atoms with van der Waals surface area (Å²) in [5.41, 5.74) is 3.13. The Balaban J connectivity index is 1.29. The number of hydrogen-bond donors (Lipinski definition) is 3. The van der Waals surface area contributed by atoms with Crippen LogP contribution < -0.4 is 25.4 Å². The first-order valence-electron chi connectivity index (χ1n) is 14.6. The fourth-order valence-electron chi connectivity index (χ4n) is 4.52. The van der Waals surface area contributed by atoms with Crippen LogP contribution >= 0.6 is 39.0 Å². The molecule has 0 bridgehead atoms. The lowest BCUT2D eigenvalue weighted by Crippen LogP contribution is -2.30. The number of para-hydroxylation sites is 1. The van der Waals surface area contributed by atoms with Crippen LogP contribution in [0.15, 0.2) is 118 Å². The number of benzene rings is 4. The highest BCUT2D eigenvalue weighted by Crippen LogP contribution is 2.33. The van der Waals surface area contributed by atoms with Gasteiger partial charge in [-0.2, -0.15) is 0 Å². The number of amides is 3. The van der Waals surface area contributed by atoms with Crippen molar-refractivity contribution in [2.75, 3.05) is 24.9 Å². The molecule has 1 aromatic heterocycles. The Hall–Kier alpha value is -4.91. The largest absolute Gasteiger partial charge is 0.493 e. The molecule has 3 amide bonds. The number of carbonyl (C=O) groups is 3. The molecule has 244 valence electrons. The van der Waals surface area contributed by atoms with Crippen LogP contribution in [0.2, 0.25) is 0 Å². The molecule has 4 aromatic carbocycles. The van der Waals surface area contributed by atoms with Crippen molar-refractivity contribution in [3.05, 3.63) is 124 Å². The van der Waals surface area contributed by atoms with Gasteiger partial charge in [-0.1, -0.05) is 64.5 Å². The third-order valence-electron chi connectivity index (χ3n) is 6.91. The van der Waals surface area contributed by atoms with Gasteiger partial charge in [0.25, 0.3) is 11.8 Å². The third-order valence-corrected chi connectivity index (χ3v) is 9.29. The second-order valence-electron chi connectivity index (χ2n) is 10.2. The monoisotopic (exact) mass is 742 g/mol. The first-order chi connectivity index (χ1) is 23.2. The molecule has 5 rings (SSSR count). The normalized spacial score (nSPS) is 11.7. The molecule has 0 aliphatic heterocycles. The maximum absolute atomic E-state index is 13.7. The second-order valence-corrected chi connectivity index (χ2v) is 13.4. The number of hydrogen-bond acceptors (Lipinski definition) is 8. The van der Waals surface area contributed by atoms with Crippen LogP contribution in [0.5, 0.6) is 11.5 Å². The lowest BCUT2D eigenvalue weighted by molar-refractivity contribution is -0.115. The van der Waals surface area contributed by atoms with Gasteiger partial charge in [-0.3, -0.25) is 14.4 Å². The van der Waals surface area contributed by atoms with Crippen molar-refractivity contribution < 1.29 is 23.9 Å². The molecule has 48 heavy (non-hydrogen) atoms. The number of rotatable bonds is 12. The maximum Gasteiger partial charge on any atom is 0.272 e. The highest BCUT2D eigenvalue weighted by atomic mass is 79.9. The van der Waals surface area contributed by atoms with E-state index in [0.717, 1.165) is 20.6 Å². The number of aromatic nitrogens is 1. The summed E-state index contributed by atoms with van der Waals surface area (Å²) >= 11 is 6.13. The summed E-state index contributed by atoms with van der Waals surface area (Å²) in [4.78, 5) is 45.1. The van der Waals surface area contributed by atoms with Gasteiger partial charge in [-0.05, 0) is 61.5 Å². The van der Waals surface area contributed by atoms with Crippen LogP contribution in [0.4, 0.5) is 10.8 Å². The molecule has 5 aromatic rings. The van der Waals surface area contributed by atoms with Gasteiger partial charge in [0.05, 0.1) is 25.2 Å². The zero-order valence-corrected chi connectivity index (χ0v) is 29.4. The standard InChI is InChI=1S/C36H31BrN4O5S2/c1-22(33(42)41-36-40-30(21-47-36)23-15-17-26(37)18-16-23)48-28-13-8-12-27(20-28)38-35(44)29(39-34(43)24-9-5-4-6-10-24)19-25-11-7-14-31(45-2)32(25)46-3/h4-22H,1-3H3,(H,38,44)(H,39,43)(H,40,41,42)/b29-19+. The zero-order chi connectivity index (χ0) is 34.0. The summed E-state index contributed by atoms with van der Waals surface area (Å²) in [6.07, 6.45) is 1.53. The molecule has 0 aliphatic carbocycles. The molecule has 3 N–H and O–H groups in total. The molecule has 0 radical (unpaired) electrons. The van der Waals surface area contributed by atoms with Crippen molar-refractivity contribution in [2.45, 2.75) is 17.1 Å². The fraction of sp³-hybridized carbons (Fsp3) is 0.111. The molecular weight excluding hydrogens is 712 g/mol. The quantitative estimate of drug-likeness (QED) is 0.0873. The lowest BCUT2D eigenvalue weighted by atomic mass is 10.1. The smallest absolute Gasteiger partial charge is 0.272 e. The first-order valence-corrected chi connectivity index (χ1v) is 17.2. The summed E-state index contributed by atoms with van der Waals surface area (Å²) in [5, 5.41) is 10.5. The maximum atomic E-state index is 13.7. The van der Waals surface area contributed by atoms with E-state index >= 15 is 0 Å². The Bertz CT molecular complexity index is 1950. The predicted octanol–water partition coefficient (Wildman–Crippen LogP) is 8.12. The summed E-state index contributed by atoms with van der Waals surface area (Å²) < 4.78 is 11.9. The van der Waals surface area contributed by atoms with Crippen LogP contribution in [0.1, 0.15) is 22.8 Å². The van der Waals surface area contributed by atoms with Crippen LogP contribution in [0.25, 0.3) is 17.3 Å². The summed E-state index contributed by atoms with van der Waals surface area (Å²) in [6, 6.07) is 28.8. The number of nitrogens with zero attached hydrogens (tertiary/aromatic N) is 1. The molecule has 0 aliphatic rings. The van der Waals surface area contributed by atoms with Gasteiger partial charge in [0.1, 0.15) is 5.70 Å². The minimum atomic E-state index is -0.553. The number of thioether (sulfide) groups is 1. The van der Waals surface area contributed by atoms with Crippen molar-refractivity contribution in [1.82, 2.24) is 10.3 Å². The van der Waals surface area contributed by atoms with Gasteiger partial charge in [0.2, 0.25) is 5.91 Å². The van der Waals surface area contributed by atoms with Gasteiger partial charge < -0.3 is 25.4 Å². The summed E-state index contributed by atoms with van der Waals surface area (Å²) in [6.45, 7) is 1.80. The number of thiazole rings is 1. The molecule has 0 saturated carbocycles. The van der Waals surface area contributed by atoms with Crippen molar-refractivity contribution in [3.63, 3.8) is 0 Å². The van der Waals surface area contributed by atoms with E-state index in [-0.39, 0.29) is 11.6 Å². The number of methoxy groups -OCH3 is 2. The SMILES string of the molecule is COc1cccc(/C=C(/NC(=O)c2ccccc2)C(=O)Nc2cccc(SC(C)C(=O)Nc3nc(-c4ccc(Br)cc4)cs3)c2)c1OC. The first kappa shape index (κ1) is 34.4. The molecule has 0 saturated heterocycles. The fourth-order valence-corrected chi connectivity index (χ4v) is 6.43. The van der Waals surface area contributed by atoms with E-state index in [4.69, 9.17) is 9.47 Å². The molecule has 1 heterocycles. The topological polar surface area (TPSA) is 119 Å². The van der Waals surface area contributed by atoms with Crippen molar-refractivity contribution >= 4 is 73.6 Å². The highest BCUT2D eigenvalue weighted by Gasteiger charge is 2.19. The van der Waals surface area contributed by atoms with Gasteiger partial charge in [-0.15, -0.1) is 23.1 Å². The predicted molar refractivity (Wildman–Crippen MR) is 196 cm³/mol. The van der Waals surface area contributed by atoms with Crippen LogP contribution in [-0.4, -0.2) is 42.2 Å². The summed E-state index contributed by atoms with van der Waals surface area (Å²) in [5.74, 6) is -0.322. The Morgan fingerprint density at radius 1 is 0.896 bits per heavy atom. The van der Waals surface area contributed by atoms with Crippen LogP contribution in [0, 0.1) is 0 Å².